The monoisotopic (exact) mass is 237 g/mol. The molecule has 1 saturated heterocycles. The van der Waals surface area contributed by atoms with E-state index in [2.05, 4.69) is 0 Å². The third-order valence-corrected chi connectivity index (χ3v) is 3.16. The van der Waals surface area contributed by atoms with E-state index in [4.69, 9.17) is 5.73 Å². The number of nitrogens with two attached hydrogens (primary N) is 1. The summed E-state index contributed by atoms with van der Waals surface area (Å²) in [5.74, 6) is -0.236. The Balaban J connectivity index is 2.17. The molecule has 0 aliphatic carbocycles. The topological polar surface area (TPSA) is 49.6 Å². The first-order valence-electron chi connectivity index (χ1n) is 5.58. The normalized spacial score (nSPS) is 20.9. The van der Waals surface area contributed by atoms with E-state index in [0.29, 0.717) is 19.6 Å². The van der Waals surface area contributed by atoms with Crippen LogP contribution in [0, 0.1) is 5.82 Å². The highest BCUT2D eigenvalue weighted by molar-refractivity contribution is 5.83. The molecule has 0 saturated carbocycles. The highest BCUT2D eigenvalue weighted by Gasteiger charge is 2.28. The minimum atomic E-state index is -0.274. The van der Waals surface area contributed by atoms with Gasteiger partial charge in [0, 0.05) is 25.8 Å². The van der Waals surface area contributed by atoms with Gasteiger partial charge in [-0.05, 0) is 24.3 Å². The molecule has 17 heavy (non-hydrogen) atoms. The molecule has 2 N–H and O–H groups in total. The van der Waals surface area contributed by atoms with Crippen LogP contribution in [0.3, 0.4) is 0 Å². The summed E-state index contributed by atoms with van der Waals surface area (Å²) in [7, 11) is 1.77. The molecule has 1 aromatic rings. The molecule has 0 radical (unpaired) electrons. The van der Waals surface area contributed by atoms with E-state index >= 15 is 0 Å². The Morgan fingerprint density at radius 2 is 2.06 bits per heavy atom. The maximum Gasteiger partial charge on any atom is 0.242 e. The van der Waals surface area contributed by atoms with Crippen molar-refractivity contribution in [2.75, 3.05) is 31.6 Å². The van der Waals surface area contributed by atoms with E-state index in [1.54, 1.807) is 24.1 Å². The molecule has 1 atom stereocenters. The van der Waals surface area contributed by atoms with Gasteiger partial charge in [-0.25, -0.2) is 4.39 Å². The lowest BCUT2D eigenvalue weighted by Crippen LogP contribution is -2.57. The number of anilines is 1. The summed E-state index contributed by atoms with van der Waals surface area (Å²) in [6, 6.07) is 6.18. The fraction of sp³-hybridized carbons (Fsp3) is 0.417. The van der Waals surface area contributed by atoms with E-state index < -0.39 is 0 Å². The molecule has 1 fully saturated rings. The lowest BCUT2D eigenvalue weighted by Gasteiger charge is -2.39. The predicted octanol–water partition coefficient (Wildman–Crippen LogP) is 0.431. The number of piperazine rings is 1. The maximum absolute atomic E-state index is 12.8. The first-order chi connectivity index (χ1) is 8.11. The van der Waals surface area contributed by atoms with E-state index in [1.165, 1.54) is 12.1 Å². The van der Waals surface area contributed by atoms with Crippen molar-refractivity contribution in [1.29, 1.82) is 0 Å². The fourth-order valence-corrected chi connectivity index (χ4v) is 2.00. The fourth-order valence-electron chi connectivity index (χ4n) is 2.00. The molecule has 5 heteroatoms. The molecule has 4 nitrogen and oxygen atoms in total. The number of hydrogen-bond acceptors (Lipinski definition) is 3. The summed E-state index contributed by atoms with van der Waals surface area (Å²) in [6.07, 6.45) is 0. The van der Waals surface area contributed by atoms with Crippen LogP contribution < -0.4 is 10.6 Å². The molecule has 1 aliphatic rings. The van der Waals surface area contributed by atoms with Gasteiger partial charge in [0.1, 0.15) is 5.82 Å². The minimum absolute atomic E-state index is 0.0151. The van der Waals surface area contributed by atoms with Crippen LogP contribution in [0.2, 0.25) is 0 Å². The van der Waals surface area contributed by atoms with E-state index in [9.17, 15) is 9.18 Å². The third-order valence-electron chi connectivity index (χ3n) is 3.16. The number of hydrogen-bond donors (Lipinski definition) is 1. The zero-order chi connectivity index (χ0) is 12.4. The summed E-state index contributed by atoms with van der Waals surface area (Å²) in [5, 5.41) is 0. The molecule has 1 heterocycles. The Morgan fingerprint density at radius 1 is 1.41 bits per heavy atom. The number of benzene rings is 1. The number of carbonyl (C=O) groups excluding carboxylic acids is 1. The van der Waals surface area contributed by atoms with Crippen molar-refractivity contribution in [3.8, 4) is 0 Å². The van der Waals surface area contributed by atoms with Crippen LogP contribution in [0.4, 0.5) is 10.1 Å². The second-order valence-electron chi connectivity index (χ2n) is 4.25. The van der Waals surface area contributed by atoms with E-state index in [0.717, 1.165) is 5.69 Å². The van der Waals surface area contributed by atoms with Crippen molar-refractivity contribution >= 4 is 11.6 Å². The molecular formula is C12H16FN3O. The van der Waals surface area contributed by atoms with Gasteiger partial charge in [0.15, 0.2) is 0 Å². The van der Waals surface area contributed by atoms with Crippen LogP contribution in [0.15, 0.2) is 24.3 Å². The number of amides is 1. The Bertz CT molecular complexity index is 407. The summed E-state index contributed by atoms with van der Waals surface area (Å²) in [6.45, 7) is 1.43. The lowest BCUT2D eigenvalue weighted by atomic mass is 10.1. The van der Waals surface area contributed by atoms with Gasteiger partial charge in [0.25, 0.3) is 0 Å². The number of carbonyl (C=O) groups is 1. The second-order valence-corrected chi connectivity index (χ2v) is 4.25. The van der Waals surface area contributed by atoms with Gasteiger partial charge < -0.3 is 15.5 Å². The Hall–Kier alpha value is -1.62. The second kappa shape index (κ2) is 4.71. The average molecular weight is 237 g/mol. The molecule has 92 valence electrons. The summed E-state index contributed by atoms with van der Waals surface area (Å²) < 4.78 is 12.8. The minimum Gasteiger partial charge on any atom is -0.360 e. The van der Waals surface area contributed by atoms with Crippen molar-refractivity contribution in [2.24, 2.45) is 5.73 Å². The van der Waals surface area contributed by atoms with Gasteiger partial charge in [0.2, 0.25) is 5.91 Å². The molecule has 1 unspecified atom stereocenters. The number of rotatable bonds is 2. The average Bonchev–Trinajstić information content (AvgIpc) is 2.33. The van der Waals surface area contributed by atoms with Gasteiger partial charge in [-0.15, -0.1) is 0 Å². The van der Waals surface area contributed by atoms with E-state index in [1.807, 2.05) is 4.90 Å². The molecule has 1 aromatic carbocycles. The Labute approximate surface area is 99.8 Å². The smallest absolute Gasteiger partial charge is 0.242 e. The summed E-state index contributed by atoms with van der Waals surface area (Å²) >= 11 is 0. The maximum atomic E-state index is 12.8. The molecule has 0 spiro atoms. The number of likely N-dealkylation sites (N-methyl/N-ethyl adjacent to an activating group) is 1. The van der Waals surface area contributed by atoms with Crippen molar-refractivity contribution < 1.29 is 9.18 Å². The van der Waals surface area contributed by atoms with Crippen LogP contribution in [0.1, 0.15) is 0 Å². The summed E-state index contributed by atoms with van der Waals surface area (Å²) in [5.41, 5.74) is 6.49. The molecule has 0 aromatic heterocycles. The molecule has 1 amide bonds. The standard InChI is InChI=1S/C12H16FN3O/c1-15-11(6-14)7-16(8-12(15)17)10-4-2-9(13)3-5-10/h2-5,11H,6-8,14H2,1H3. The van der Waals surface area contributed by atoms with Crippen molar-refractivity contribution in [3.63, 3.8) is 0 Å². The van der Waals surface area contributed by atoms with Crippen LogP contribution >= 0.6 is 0 Å². The Kier molecular flexibility index (Phi) is 3.28. The van der Waals surface area contributed by atoms with Gasteiger partial charge in [0.05, 0.1) is 12.6 Å². The molecular weight excluding hydrogens is 221 g/mol. The van der Waals surface area contributed by atoms with Crippen molar-refractivity contribution in [1.82, 2.24) is 4.90 Å². The van der Waals surface area contributed by atoms with Gasteiger partial charge in [-0.3, -0.25) is 4.79 Å². The van der Waals surface area contributed by atoms with Crippen molar-refractivity contribution in [3.05, 3.63) is 30.1 Å². The van der Waals surface area contributed by atoms with Crippen molar-refractivity contribution in [2.45, 2.75) is 6.04 Å². The lowest BCUT2D eigenvalue weighted by molar-refractivity contribution is -0.131. The van der Waals surface area contributed by atoms with Gasteiger partial charge >= 0.3 is 0 Å². The molecule has 2 rings (SSSR count). The number of halogens is 1. The quantitative estimate of drug-likeness (QED) is 0.811. The highest BCUT2D eigenvalue weighted by atomic mass is 19.1. The highest BCUT2D eigenvalue weighted by Crippen LogP contribution is 2.19. The summed E-state index contributed by atoms with van der Waals surface area (Å²) in [4.78, 5) is 15.4. The SMILES string of the molecule is CN1C(=O)CN(c2ccc(F)cc2)CC1CN. The zero-order valence-corrected chi connectivity index (χ0v) is 9.77. The third kappa shape index (κ3) is 2.39. The van der Waals surface area contributed by atoms with Gasteiger partial charge in [-0.1, -0.05) is 0 Å². The van der Waals surface area contributed by atoms with Crippen LogP contribution in [0.5, 0.6) is 0 Å². The number of nitrogens with zero attached hydrogens (tertiary/aromatic N) is 2. The molecule has 0 bridgehead atoms. The first-order valence-corrected chi connectivity index (χ1v) is 5.58. The van der Waals surface area contributed by atoms with Crippen LogP contribution in [0.25, 0.3) is 0 Å². The largest absolute Gasteiger partial charge is 0.360 e. The zero-order valence-electron chi connectivity index (χ0n) is 9.77. The Morgan fingerprint density at radius 3 is 2.65 bits per heavy atom. The van der Waals surface area contributed by atoms with Gasteiger partial charge in [-0.2, -0.15) is 0 Å². The van der Waals surface area contributed by atoms with Crippen LogP contribution in [-0.2, 0) is 4.79 Å². The van der Waals surface area contributed by atoms with E-state index in [-0.39, 0.29) is 17.8 Å². The predicted molar refractivity (Wildman–Crippen MR) is 64.2 cm³/mol. The first kappa shape index (κ1) is 11.9. The van der Waals surface area contributed by atoms with Crippen LogP contribution in [-0.4, -0.2) is 43.5 Å². The molecule has 1 aliphatic heterocycles.